The average Bonchev–Trinajstić information content (AvgIpc) is 1.89. The average molecular weight is 125 g/mol. The molecule has 2 atom stereocenters. The summed E-state index contributed by atoms with van der Waals surface area (Å²) >= 11 is 0. The second kappa shape index (κ2) is 3.02. The van der Waals surface area contributed by atoms with E-state index in [2.05, 4.69) is 24.9 Å². The van der Waals surface area contributed by atoms with Gasteiger partial charge in [-0.25, -0.2) is 0 Å². The standard InChI is InChI=1S/C8H15N/c1-3-8-6-9-5-4-7(8)2/h3,7-9H,1,4-6H2,2H3. The van der Waals surface area contributed by atoms with Crippen LogP contribution in [0.3, 0.4) is 0 Å². The maximum Gasteiger partial charge on any atom is 0.00166 e. The number of hydrogen-bond donors (Lipinski definition) is 1. The topological polar surface area (TPSA) is 12.0 Å². The molecule has 1 nitrogen and oxygen atoms in total. The van der Waals surface area contributed by atoms with Crippen molar-refractivity contribution in [2.45, 2.75) is 13.3 Å². The number of hydrogen-bond acceptors (Lipinski definition) is 1. The van der Waals surface area contributed by atoms with Crippen LogP contribution in [0.15, 0.2) is 12.7 Å². The van der Waals surface area contributed by atoms with Gasteiger partial charge in [-0.15, -0.1) is 6.58 Å². The van der Waals surface area contributed by atoms with Crippen LogP contribution in [0.5, 0.6) is 0 Å². The zero-order valence-electron chi connectivity index (χ0n) is 6.06. The summed E-state index contributed by atoms with van der Waals surface area (Å²) in [5.74, 6) is 1.54. The molecular weight excluding hydrogens is 110 g/mol. The first-order valence-corrected chi connectivity index (χ1v) is 3.68. The minimum atomic E-state index is 0.707. The molecule has 0 saturated carbocycles. The van der Waals surface area contributed by atoms with E-state index in [0.717, 1.165) is 12.5 Å². The van der Waals surface area contributed by atoms with Gasteiger partial charge in [0.15, 0.2) is 0 Å². The van der Waals surface area contributed by atoms with Crippen molar-refractivity contribution in [2.75, 3.05) is 13.1 Å². The van der Waals surface area contributed by atoms with Crippen molar-refractivity contribution in [3.8, 4) is 0 Å². The molecule has 0 radical (unpaired) electrons. The van der Waals surface area contributed by atoms with Gasteiger partial charge in [0.25, 0.3) is 0 Å². The Balaban J connectivity index is 2.38. The van der Waals surface area contributed by atoms with Crippen LogP contribution in [0.4, 0.5) is 0 Å². The molecule has 1 fully saturated rings. The molecule has 1 aliphatic rings. The highest BCUT2D eigenvalue weighted by Crippen LogP contribution is 2.18. The fourth-order valence-corrected chi connectivity index (χ4v) is 1.33. The van der Waals surface area contributed by atoms with Crippen molar-refractivity contribution in [2.24, 2.45) is 11.8 Å². The molecule has 0 amide bonds. The molecule has 2 unspecified atom stereocenters. The summed E-state index contributed by atoms with van der Waals surface area (Å²) in [6, 6.07) is 0. The Morgan fingerprint density at radius 2 is 2.44 bits per heavy atom. The van der Waals surface area contributed by atoms with Gasteiger partial charge in [-0.3, -0.25) is 0 Å². The van der Waals surface area contributed by atoms with E-state index < -0.39 is 0 Å². The fraction of sp³-hybridized carbons (Fsp3) is 0.750. The van der Waals surface area contributed by atoms with E-state index in [-0.39, 0.29) is 0 Å². The van der Waals surface area contributed by atoms with Gasteiger partial charge in [-0.1, -0.05) is 13.0 Å². The summed E-state index contributed by atoms with van der Waals surface area (Å²) in [7, 11) is 0. The number of nitrogens with one attached hydrogen (secondary N) is 1. The highest BCUT2D eigenvalue weighted by Gasteiger charge is 2.16. The van der Waals surface area contributed by atoms with Gasteiger partial charge in [-0.05, 0) is 24.8 Å². The van der Waals surface area contributed by atoms with Crippen molar-refractivity contribution in [1.82, 2.24) is 5.32 Å². The van der Waals surface area contributed by atoms with Crippen LogP contribution in [0.2, 0.25) is 0 Å². The monoisotopic (exact) mass is 125 g/mol. The summed E-state index contributed by atoms with van der Waals surface area (Å²) in [5, 5.41) is 3.34. The lowest BCUT2D eigenvalue weighted by molar-refractivity contribution is 0.325. The molecule has 0 spiro atoms. The van der Waals surface area contributed by atoms with Crippen LogP contribution < -0.4 is 5.32 Å². The number of rotatable bonds is 1. The van der Waals surface area contributed by atoms with Crippen LogP contribution in [-0.4, -0.2) is 13.1 Å². The van der Waals surface area contributed by atoms with Crippen LogP contribution >= 0.6 is 0 Å². The summed E-state index contributed by atoms with van der Waals surface area (Å²) in [4.78, 5) is 0. The molecule has 1 rings (SSSR count). The van der Waals surface area contributed by atoms with Crippen LogP contribution in [-0.2, 0) is 0 Å². The van der Waals surface area contributed by atoms with Gasteiger partial charge in [0.2, 0.25) is 0 Å². The van der Waals surface area contributed by atoms with E-state index in [1.54, 1.807) is 0 Å². The molecule has 0 bridgehead atoms. The molecule has 1 heterocycles. The maximum atomic E-state index is 3.79. The summed E-state index contributed by atoms with van der Waals surface area (Å²) in [5.41, 5.74) is 0. The molecule has 1 saturated heterocycles. The normalized spacial score (nSPS) is 36.1. The van der Waals surface area contributed by atoms with E-state index >= 15 is 0 Å². The largest absolute Gasteiger partial charge is 0.316 e. The highest BCUT2D eigenvalue weighted by atomic mass is 14.9. The van der Waals surface area contributed by atoms with Gasteiger partial charge >= 0.3 is 0 Å². The summed E-state index contributed by atoms with van der Waals surface area (Å²) in [6.45, 7) is 8.41. The third-order valence-electron chi connectivity index (χ3n) is 2.19. The molecule has 0 aromatic rings. The van der Waals surface area contributed by atoms with Gasteiger partial charge in [0.1, 0.15) is 0 Å². The molecule has 0 aromatic heterocycles. The van der Waals surface area contributed by atoms with Crippen LogP contribution in [0.1, 0.15) is 13.3 Å². The third kappa shape index (κ3) is 1.55. The first-order chi connectivity index (χ1) is 4.34. The van der Waals surface area contributed by atoms with E-state index in [1.807, 2.05) is 0 Å². The minimum Gasteiger partial charge on any atom is -0.316 e. The van der Waals surface area contributed by atoms with Gasteiger partial charge in [-0.2, -0.15) is 0 Å². The maximum absolute atomic E-state index is 3.79. The molecule has 1 aliphatic heterocycles. The molecule has 0 aromatic carbocycles. The SMILES string of the molecule is C=CC1CNCCC1C. The van der Waals surface area contributed by atoms with Crippen molar-refractivity contribution in [1.29, 1.82) is 0 Å². The Labute approximate surface area is 57.1 Å². The van der Waals surface area contributed by atoms with Crippen molar-refractivity contribution in [3.05, 3.63) is 12.7 Å². The lowest BCUT2D eigenvalue weighted by Gasteiger charge is -2.26. The molecule has 0 aliphatic carbocycles. The quantitative estimate of drug-likeness (QED) is 0.523. The predicted molar refractivity (Wildman–Crippen MR) is 40.3 cm³/mol. The number of piperidine rings is 1. The molecule has 9 heavy (non-hydrogen) atoms. The molecular formula is C8H15N. The van der Waals surface area contributed by atoms with Gasteiger partial charge < -0.3 is 5.32 Å². The Kier molecular flexibility index (Phi) is 2.29. The zero-order chi connectivity index (χ0) is 6.69. The Hall–Kier alpha value is -0.300. The zero-order valence-corrected chi connectivity index (χ0v) is 6.06. The van der Waals surface area contributed by atoms with E-state index in [9.17, 15) is 0 Å². The second-order valence-electron chi connectivity index (χ2n) is 2.87. The predicted octanol–water partition coefficient (Wildman–Crippen LogP) is 1.42. The Bertz CT molecular complexity index is 98.7. The Morgan fingerprint density at radius 3 is 2.89 bits per heavy atom. The van der Waals surface area contributed by atoms with Crippen LogP contribution in [0, 0.1) is 11.8 Å². The van der Waals surface area contributed by atoms with E-state index in [0.29, 0.717) is 5.92 Å². The highest BCUT2D eigenvalue weighted by molar-refractivity contribution is 4.87. The van der Waals surface area contributed by atoms with Crippen LogP contribution in [0.25, 0.3) is 0 Å². The van der Waals surface area contributed by atoms with E-state index in [1.165, 1.54) is 13.0 Å². The van der Waals surface area contributed by atoms with Crippen molar-refractivity contribution < 1.29 is 0 Å². The first kappa shape index (κ1) is 6.81. The molecule has 52 valence electrons. The van der Waals surface area contributed by atoms with E-state index in [4.69, 9.17) is 0 Å². The lowest BCUT2D eigenvalue weighted by atomic mass is 9.88. The fourth-order valence-electron chi connectivity index (χ4n) is 1.33. The smallest absolute Gasteiger partial charge is 0.00166 e. The van der Waals surface area contributed by atoms with Gasteiger partial charge in [0.05, 0.1) is 0 Å². The molecule has 1 N–H and O–H groups in total. The minimum absolute atomic E-state index is 0.707. The summed E-state index contributed by atoms with van der Waals surface area (Å²) in [6.07, 6.45) is 3.37. The Morgan fingerprint density at radius 1 is 1.67 bits per heavy atom. The first-order valence-electron chi connectivity index (χ1n) is 3.68. The third-order valence-corrected chi connectivity index (χ3v) is 2.19. The summed E-state index contributed by atoms with van der Waals surface area (Å²) < 4.78 is 0. The van der Waals surface area contributed by atoms with Crippen molar-refractivity contribution in [3.63, 3.8) is 0 Å². The molecule has 1 heteroatoms. The second-order valence-corrected chi connectivity index (χ2v) is 2.87. The lowest BCUT2D eigenvalue weighted by Crippen LogP contribution is -2.34. The van der Waals surface area contributed by atoms with Crippen molar-refractivity contribution >= 4 is 0 Å². The van der Waals surface area contributed by atoms with Gasteiger partial charge in [0, 0.05) is 6.54 Å².